The van der Waals surface area contributed by atoms with E-state index in [1.54, 1.807) is 0 Å². The van der Waals surface area contributed by atoms with Gasteiger partial charge in [-0.15, -0.1) is 0 Å². The Labute approximate surface area is 188 Å². The highest BCUT2D eigenvalue weighted by molar-refractivity contribution is 7.92. The maximum Gasteiger partial charge on any atom is 0.238 e. The Morgan fingerprint density at radius 2 is 1.55 bits per heavy atom. The van der Waals surface area contributed by atoms with Crippen LogP contribution in [0.5, 0.6) is 5.75 Å². The van der Waals surface area contributed by atoms with Gasteiger partial charge in [-0.05, 0) is 54.4 Å². The van der Waals surface area contributed by atoms with Gasteiger partial charge in [-0.1, -0.05) is 54.1 Å². The second-order valence-electron chi connectivity index (χ2n) is 7.04. The minimum atomic E-state index is -3.73. The molecule has 0 atom stereocenters. The lowest BCUT2D eigenvalue weighted by Crippen LogP contribution is -2.35. The van der Waals surface area contributed by atoms with Crippen LogP contribution in [0, 0.1) is 0 Å². The Kier molecular flexibility index (Phi) is 7.71. The van der Waals surface area contributed by atoms with E-state index >= 15 is 0 Å². The summed E-state index contributed by atoms with van der Waals surface area (Å²) in [7, 11) is -3.73. The zero-order valence-electron chi connectivity index (χ0n) is 17.2. The van der Waals surface area contributed by atoms with E-state index in [1.807, 2.05) is 61.5 Å². The number of hydrogen-bond donors (Lipinski definition) is 0. The van der Waals surface area contributed by atoms with Crippen LogP contribution in [-0.4, -0.2) is 31.5 Å². The molecule has 0 fully saturated rings. The third kappa shape index (κ3) is 6.57. The van der Waals surface area contributed by atoms with Crippen LogP contribution >= 0.6 is 11.6 Å². The smallest absolute Gasteiger partial charge is 0.238 e. The monoisotopic (exact) mass is 457 g/mol. The van der Waals surface area contributed by atoms with E-state index in [4.69, 9.17) is 16.3 Å². The molecule has 0 radical (unpaired) electrons. The summed E-state index contributed by atoms with van der Waals surface area (Å²) in [6.45, 7) is 3.03. The minimum Gasteiger partial charge on any atom is -0.489 e. The highest BCUT2D eigenvalue weighted by atomic mass is 35.5. The number of carbonyl (C=O) groups excluding carboxylic acids is 1. The van der Waals surface area contributed by atoms with Gasteiger partial charge in [0.05, 0.1) is 4.90 Å². The van der Waals surface area contributed by atoms with Crippen molar-refractivity contribution in [2.45, 2.75) is 25.0 Å². The number of carbonyl (C=O) groups is 1. The summed E-state index contributed by atoms with van der Waals surface area (Å²) < 4.78 is 30.9. The largest absolute Gasteiger partial charge is 0.489 e. The van der Waals surface area contributed by atoms with Gasteiger partial charge in [-0.2, -0.15) is 0 Å². The van der Waals surface area contributed by atoms with Crippen molar-refractivity contribution in [2.75, 3.05) is 12.3 Å². The first-order valence-electron chi connectivity index (χ1n) is 9.89. The lowest BCUT2D eigenvalue weighted by atomic mass is 10.2. The molecule has 0 saturated heterocycles. The molecule has 3 aromatic carbocycles. The van der Waals surface area contributed by atoms with E-state index in [-0.39, 0.29) is 4.90 Å². The van der Waals surface area contributed by atoms with Gasteiger partial charge in [0.2, 0.25) is 5.91 Å². The van der Waals surface area contributed by atoms with Crippen molar-refractivity contribution >= 4 is 27.3 Å². The molecule has 0 aliphatic carbocycles. The number of hydrogen-bond acceptors (Lipinski definition) is 4. The number of sulfone groups is 1. The molecule has 0 heterocycles. The third-order valence-corrected chi connectivity index (χ3v) is 6.64. The van der Waals surface area contributed by atoms with Gasteiger partial charge in [0.25, 0.3) is 0 Å². The first-order valence-corrected chi connectivity index (χ1v) is 11.9. The lowest BCUT2D eigenvalue weighted by Gasteiger charge is -2.21. The molecular formula is C24H24ClNO4S. The van der Waals surface area contributed by atoms with Gasteiger partial charge in [0, 0.05) is 18.1 Å². The van der Waals surface area contributed by atoms with Crippen LogP contribution in [-0.2, 0) is 27.8 Å². The molecule has 0 bridgehead atoms. The summed E-state index contributed by atoms with van der Waals surface area (Å²) in [4.78, 5) is 14.3. The topological polar surface area (TPSA) is 63.7 Å². The molecule has 0 N–H and O–H groups in total. The van der Waals surface area contributed by atoms with E-state index in [0.29, 0.717) is 24.7 Å². The summed E-state index contributed by atoms with van der Waals surface area (Å²) >= 11 is 5.81. The first-order chi connectivity index (χ1) is 14.9. The third-order valence-electron chi connectivity index (χ3n) is 4.77. The van der Waals surface area contributed by atoms with Crippen LogP contribution in [0.15, 0.2) is 83.8 Å². The molecular weight excluding hydrogens is 434 g/mol. The lowest BCUT2D eigenvalue weighted by molar-refractivity contribution is -0.128. The van der Waals surface area contributed by atoms with E-state index in [2.05, 4.69) is 0 Å². The van der Waals surface area contributed by atoms with Crippen molar-refractivity contribution < 1.29 is 17.9 Å². The molecule has 3 aromatic rings. The van der Waals surface area contributed by atoms with E-state index in [0.717, 1.165) is 16.9 Å². The zero-order chi connectivity index (χ0) is 22.3. The summed E-state index contributed by atoms with van der Waals surface area (Å²) in [5, 5.41) is 0.441. The molecule has 0 aliphatic heterocycles. The van der Waals surface area contributed by atoms with E-state index in [9.17, 15) is 13.2 Å². The standard InChI is InChI=1S/C24H24ClNO4S/c1-2-26(24(27)18-31(28,29)23-14-10-21(25)11-15-23)16-19-8-12-22(13-9-19)30-17-20-6-4-3-5-7-20/h3-15H,2,16-18H2,1H3. The number of nitrogens with zero attached hydrogens (tertiary/aromatic N) is 1. The molecule has 0 aromatic heterocycles. The summed E-state index contributed by atoms with van der Waals surface area (Å²) in [6.07, 6.45) is 0. The van der Waals surface area contributed by atoms with Gasteiger partial charge >= 0.3 is 0 Å². The second-order valence-corrected chi connectivity index (χ2v) is 9.47. The van der Waals surface area contributed by atoms with Gasteiger partial charge in [0.15, 0.2) is 9.84 Å². The molecule has 5 nitrogen and oxygen atoms in total. The average molecular weight is 458 g/mol. The van der Waals surface area contributed by atoms with Crippen LogP contribution in [0.25, 0.3) is 0 Å². The van der Waals surface area contributed by atoms with Gasteiger partial charge in [0.1, 0.15) is 18.1 Å². The number of ether oxygens (including phenoxy) is 1. The summed E-state index contributed by atoms with van der Waals surface area (Å²) in [6, 6.07) is 23.2. The van der Waals surface area contributed by atoms with Crippen molar-refractivity contribution in [2.24, 2.45) is 0 Å². The van der Waals surface area contributed by atoms with Crippen LogP contribution in [0.4, 0.5) is 0 Å². The van der Waals surface area contributed by atoms with Gasteiger partial charge < -0.3 is 9.64 Å². The fourth-order valence-electron chi connectivity index (χ4n) is 3.01. The fourth-order valence-corrected chi connectivity index (χ4v) is 4.36. The quantitative estimate of drug-likeness (QED) is 0.465. The van der Waals surface area contributed by atoms with Crippen LogP contribution in [0.2, 0.25) is 5.02 Å². The predicted molar refractivity (Wildman–Crippen MR) is 122 cm³/mol. The molecule has 162 valence electrons. The number of rotatable bonds is 9. The SMILES string of the molecule is CCN(Cc1ccc(OCc2ccccc2)cc1)C(=O)CS(=O)(=O)c1ccc(Cl)cc1. The van der Waals surface area contributed by atoms with Crippen molar-refractivity contribution in [3.8, 4) is 5.75 Å². The molecule has 1 amide bonds. The Morgan fingerprint density at radius 1 is 0.903 bits per heavy atom. The first kappa shape index (κ1) is 22.8. The van der Waals surface area contributed by atoms with Crippen molar-refractivity contribution in [1.29, 1.82) is 0 Å². The van der Waals surface area contributed by atoms with E-state index in [1.165, 1.54) is 29.2 Å². The van der Waals surface area contributed by atoms with Gasteiger partial charge in [-0.3, -0.25) is 4.79 Å². The van der Waals surface area contributed by atoms with Crippen molar-refractivity contribution in [3.05, 3.63) is 95.0 Å². The molecule has 7 heteroatoms. The second kappa shape index (κ2) is 10.5. The van der Waals surface area contributed by atoms with E-state index < -0.39 is 21.5 Å². The maximum atomic E-state index is 12.7. The van der Waals surface area contributed by atoms with Crippen LogP contribution in [0.3, 0.4) is 0 Å². The molecule has 0 spiro atoms. The van der Waals surface area contributed by atoms with Gasteiger partial charge in [-0.25, -0.2) is 8.42 Å². The normalized spacial score (nSPS) is 11.2. The highest BCUT2D eigenvalue weighted by Crippen LogP contribution is 2.18. The minimum absolute atomic E-state index is 0.0845. The molecule has 0 aliphatic rings. The predicted octanol–water partition coefficient (Wildman–Crippen LogP) is 4.74. The zero-order valence-corrected chi connectivity index (χ0v) is 18.8. The summed E-state index contributed by atoms with van der Waals surface area (Å²) in [5.41, 5.74) is 1.97. The number of halogens is 1. The Hall–Kier alpha value is -2.83. The van der Waals surface area contributed by atoms with Crippen molar-refractivity contribution in [1.82, 2.24) is 4.90 Å². The molecule has 0 unspecified atom stereocenters. The molecule has 0 saturated carbocycles. The molecule has 3 rings (SSSR count). The average Bonchev–Trinajstić information content (AvgIpc) is 2.77. The maximum absolute atomic E-state index is 12.7. The Bertz CT molecular complexity index is 1100. The number of amides is 1. The Balaban J connectivity index is 1.59. The Morgan fingerprint density at radius 3 is 2.16 bits per heavy atom. The number of benzene rings is 3. The van der Waals surface area contributed by atoms with Crippen LogP contribution in [0.1, 0.15) is 18.1 Å². The molecule has 31 heavy (non-hydrogen) atoms. The van der Waals surface area contributed by atoms with Crippen LogP contribution < -0.4 is 4.74 Å². The van der Waals surface area contributed by atoms with Crippen molar-refractivity contribution in [3.63, 3.8) is 0 Å². The summed E-state index contributed by atoms with van der Waals surface area (Å²) in [5.74, 6) is -0.296. The highest BCUT2D eigenvalue weighted by Gasteiger charge is 2.23. The fraction of sp³-hybridized carbons (Fsp3) is 0.208.